The van der Waals surface area contributed by atoms with Crippen molar-refractivity contribution in [2.75, 3.05) is 0 Å². The molecule has 1 aromatic heterocycles. The van der Waals surface area contributed by atoms with Crippen molar-refractivity contribution in [3.63, 3.8) is 0 Å². The topological polar surface area (TPSA) is 115 Å². The molecule has 3 N–H and O–H groups in total. The highest BCUT2D eigenvalue weighted by Gasteiger charge is 2.15. The van der Waals surface area contributed by atoms with E-state index < -0.39 is 26.2 Å². The number of rotatable bonds is 3. The number of hydrogen-bond donors (Lipinski definition) is 2. The van der Waals surface area contributed by atoms with Crippen LogP contribution in [0.25, 0.3) is 0 Å². The number of nitrogens with one attached hydrogen (secondary N) is 1. The van der Waals surface area contributed by atoms with E-state index in [1.165, 1.54) is 0 Å². The Kier molecular flexibility index (Phi) is 3.93. The van der Waals surface area contributed by atoms with Crippen LogP contribution in [-0.2, 0) is 16.6 Å². The average Bonchev–Trinajstić information content (AvgIpc) is 2.33. The Balaban J connectivity index is 2.50. The summed E-state index contributed by atoms with van der Waals surface area (Å²) in [7, 11) is -4.18. The molecular weight excluding hydrogens is 350 g/mol. The van der Waals surface area contributed by atoms with Crippen LogP contribution in [0.15, 0.2) is 49.4 Å². The highest BCUT2D eigenvalue weighted by molar-refractivity contribution is 9.10. The summed E-state index contributed by atoms with van der Waals surface area (Å²) < 4.78 is 24.5. The first-order valence-electron chi connectivity index (χ1n) is 5.38. The van der Waals surface area contributed by atoms with Crippen molar-refractivity contribution in [2.24, 2.45) is 5.14 Å². The smallest absolute Gasteiger partial charge is 0.295 e. The molecule has 2 rings (SSSR count). The van der Waals surface area contributed by atoms with Gasteiger partial charge in [0, 0.05) is 10.7 Å². The summed E-state index contributed by atoms with van der Waals surface area (Å²) in [6.45, 7) is 0.116. The molecule has 106 valence electrons. The number of nitrogens with zero attached hydrogens (tertiary/aromatic N) is 1. The van der Waals surface area contributed by atoms with E-state index in [9.17, 15) is 18.0 Å². The monoisotopic (exact) mass is 359 g/mol. The number of sulfonamides is 1. The van der Waals surface area contributed by atoms with Crippen molar-refractivity contribution in [1.82, 2.24) is 9.55 Å². The molecule has 0 saturated heterocycles. The van der Waals surface area contributed by atoms with Gasteiger partial charge >= 0.3 is 5.69 Å². The average molecular weight is 360 g/mol. The third kappa shape index (κ3) is 3.24. The first-order valence-corrected chi connectivity index (χ1v) is 7.72. The number of halogens is 1. The van der Waals surface area contributed by atoms with Gasteiger partial charge in [0.25, 0.3) is 5.56 Å². The quantitative estimate of drug-likeness (QED) is 0.801. The molecule has 0 aliphatic rings. The van der Waals surface area contributed by atoms with Crippen LogP contribution in [0.5, 0.6) is 0 Å². The van der Waals surface area contributed by atoms with Crippen molar-refractivity contribution >= 4 is 26.0 Å². The molecule has 7 nitrogen and oxygen atoms in total. The summed E-state index contributed by atoms with van der Waals surface area (Å²) in [5.74, 6) is 0. The molecule has 2 aromatic rings. The third-order valence-corrected chi connectivity index (χ3v) is 3.98. The molecule has 0 spiro atoms. The van der Waals surface area contributed by atoms with Gasteiger partial charge in [-0.15, -0.1) is 0 Å². The minimum absolute atomic E-state index is 0.116. The second kappa shape index (κ2) is 5.35. The normalized spacial score (nSPS) is 11.5. The standard InChI is InChI=1S/C11H10BrN3O4S/c12-8-3-1-7(2-4-8)5-15-6-9(20(13,18)19)10(16)14-11(15)17/h1-4,6H,5H2,(H2,13,18,19)(H,14,16,17). The highest BCUT2D eigenvalue weighted by Crippen LogP contribution is 2.11. The lowest BCUT2D eigenvalue weighted by Gasteiger charge is -2.07. The molecule has 1 heterocycles. The zero-order valence-corrected chi connectivity index (χ0v) is 12.4. The van der Waals surface area contributed by atoms with Crippen molar-refractivity contribution in [2.45, 2.75) is 11.4 Å². The lowest BCUT2D eigenvalue weighted by molar-refractivity contribution is 0.591. The van der Waals surface area contributed by atoms with E-state index in [0.717, 1.165) is 20.8 Å². The van der Waals surface area contributed by atoms with E-state index in [-0.39, 0.29) is 6.54 Å². The van der Waals surface area contributed by atoms with Crippen molar-refractivity contribution in [3.8, 4) is 0 Å². The Bertz CT molecular complexity index is 852. The maximum atomic E-state index is 11.7. The second-order valence-electron chi connectivity index (χ2n) is 4.05. The first-order chi connectivity index (χ1) is 9.27. The van der Waals surface area contributed by atoms with Gasteiger partial charge in [-0.2, -0.15) is 0 Å². The molecule has 0 aliphatic carbocycles. The minimum atomic E-state index is -4.18. The van der Waals surface area contributed by atoms with E-state index >= 15 is 0 Å². The Morgan fingerprint density at radius 2 is 1.80 bits per heavy atom. The van der Waals surface area contributed by atoms with E-state index in [1.54, 1.807) is 24.3 Å². The zero-order chi connectivity index (χ0) is 14.9. The number of nitrogens with two attached hydrogens (primary N) is 1. The molecular formula is C11H10BrN3O4S. The van der Waals surface area contributed by atoms with E-state index in [0.29, 0.717) is 0 Å². The summed E-state index contributed by atoms with van der Waals surface area (Å²) in [4.78, 5) is 24.3. The van der Waals surface area contributed by atoms with Crippen LogP contribution in [0.4, 0.5) is 0 Å². The van der Waals surface area contributed by atoms with E-state index in [4.69, 9.17) is 5.14 Å². The molecule has 0 bridgehead atoms. The SMILES string of the molecule is NS(=O)(=O)c1cn(Cc2ccc(Br)cc2)c(=O)[nH]c1=O. The molecule has 0 fully saturated rings. The number of primary sulfonamides is 1. The molecule has 9 heteroatoms. The van der Waals surface area contributed by atoms with Crippen molar-refractivity contribution in [1.29, 1.82) is 0 Å². The van der Waals surface area contributed by atoms with Gasteiger partial charge in [0.1, 0.15) is 0 Å². The summed E-state index contributed by atoms with van der Waals surface area (Å²) in [6.07, 6.45) is 0.943. The fourth-order valence-electron chi connectivity index (χ4n) is 1.60. The maximum absolute atomic E-state index is 11.7. The lowest BCUT2D eigenvalue weighted by Crippen LogP contribution is -2.34. The van der Waals surface area contributed by atoms with Gasteiger partial charge in [0.15, 0.2) is 4.90 Å². The van der Waals surface area contributed by atoms with E-state index in [1.807, 2.05) is 4.98 Å². The third-order valence-electron chi connectivity index (χ3n) is 2.55. The number of aromatic amines is 1. The molecule has 0 aliphatic heterocycles. The van der Waals surface area contributed by atoms with Gasteiger partial charge in [-0.3, -0.25) is 14.3 Å². The molecule has 0 saturated carbocycles. The van der Waals surface area contributed by atoms with Gasteiger partial charge in [-0.25, -0.2) is 18.4 Å². The van der Waals surface area contributed by atoms with Crippen molar-refractivity contribution in [3.05, 3.63) is 61.3 Å². The molecule has 20 heavy (non-hydrogen) atoms. The molecule has 0 atom stereocenters. The lowest BCUT2D eigenvalue weighted by atomic mass is 10.2. The Morgan fingerprint density at radius 3 is 2.35 bits per heavy atom. The van der Waals surface area contributed by atoms with Crippen LogP contribution in [0.1, 0.15) is 5.56 Å². The van der Waals surface area contributed by atoms with Crippen LogP contribution < -0.4 is 16.4 Å². The van der Waals surface area contributed by atoms with Crippen molar-refractivity contribution < 1.29 is 8.42 Å². The maximum Gasteiger partial charge on any atom is 0.328 e. The predicted octanol–water partition coefficient (Wildman–Crippen LogP) is -0.00520. The van der Waals surface area contributed by atoms with Crippen LogP contribution in [0.3, 0.4) is 0 Å². The molecule has 0 radical (unpaired) electrons. The Morgan fingerprint density at radius 1 is 1.20 bits per heavy atom. The first kappa shape index (κ1) is 14.7. The largest absolute Gasteiger partial charge is 0.328 e. The molecule has 0 amide bonds. The second-order valence-corrected chi connectivity index (χ2v) is 6.50. The highest BCUT2D eigenvalue weighted by atomic mass is 79.9. The summed E-state index contributed by atoms with van der Waals surface area (Å²) in [5.41, 5.74) is -0.961. The number of H-pyrrole nitrogens is 1. The minimum Gasteiger partial charge on any atom is -0.295 e. The van der Waals surface area contributed by atoms with E-state index in [2.05, 4.69) is 15.9 Å². The predicted molar refractivity (Wildman–Crippen MR) is 75.9 cm³/mol. The molecule has 0 unspecified atom stereocenters. The number of hydrogen-bond acceptors (Lipinski definition) is 4. The summed E-state index contributed by atoms with van der Waals surface area (Å²) in [5, 5.41) is 4.92. The fourth-order valence-corrected chi connectivity index (χ4v) is 2.44. The Labute approximate surface area is 122 Å². The Hall–Kier alpha value is -1.71. The summed E-state index contributed by atoms with van der Waals surface area (Å²) in [6, 6.07) is 7.09. The fraction of sp³-hybridized carbons (Fsp3) is 0.0909. The zero-order valence-electron chi connectivity index (χ0n) is 10.0. The number of aromatic nitrogens is 2. The van der Waals surface area contributed by atoms with Crippen LogP contribution in [0.2, 0.25) is 0 Å². The number of benzene rings is 1. The van der Waals surface area contributed by atoms with Gasteiger partial charge in [0.2, 0.25) is 10.0 Å². The van der Waals surface area contributed by atoms with Gasteiger partial charge in [-0.05, 0) is 17.7 Å². The van der Waals surface area contributed by atoms with Gasteiger partial charge < -0.3 is 0 Å². The summed E-state index contributed by atoms with van der Waals surface area (Å²) >= 11 is 3.28. The van der Waals surface area contributed by atoms with Crippen LogP contribution in [-0.4, -0.2) is 18.0 Å². The van der Waals surface area contributed by atoms with Crippen LogP contribution in [0, 0.1) is 0 Å². The van der Waals surface area contributed by atoms with Gasteiger partial charge in [-0.1, -0.05) is 28.1 Å². The van der Waals surface area contributed by atoms with Gasteiger partial charge in [0.05, 0.1) is 6.54 Å². The van der Waals surface area contributed by atoms with Crippen LogP contribution >= 0.6 is 15.9 Å². The molecule has 1 aromatic carbocycles.